The lowest BCUT2D eigenvalue weighted by atomic mass is 10.00. The molecule has 0 saturated carbocycles. The van der Waals surface area contributed by atoms with Crippen LogP contribution in [-0.4, -0.2) is 26.8 Å². The molecule has 2 heterocycles. The lowest BCUT2D eigenvalue weighted by Gasteiger charge is -2.11. The zero-order valence-electron chi connectivity index (χ0n) is 11.5. The second kappa shape index (κ2) is 4.49. The van der Waals surface area contributed by atoms with E-state index >= 15 is 0 Å². The van der Waals surface area contributed by atoms with Crippen LogP contribution in [0.5, 0.6) is 0 Å². The van der Waals surface area contributed by atoms with Crippen molar-refractivity contribution in [2.45, 2.75) is 12.5 Å². The van der Waals surface area contributed by atoms with Crippen molar-refractivity contribution in [3.8, 4) is 0 Å². The van der Waals surface area contributed by atoms with Crippen molar-refractivity contribution in [2.24, 2.45) is 20.0 Å². The Bertz CT molecular complexity index is 744. The molecule has 1 aliphatic rings. The second-order valence-corrected chi connectivity index (χ2v) is 5.38. The first-order valence-electron chi connectivity index (χ1n) is 6.60. The van der Waals surface area contributed by atoms with Gasteiger partial charge in [-0.3, -0.25) is 13.9 Å². The van der Waals surface area contributed by atoms with Crippen LogP contribution in [0.4, 0.5) is 0 Å². The van der Waals surface area contributed by atoms with Crippen molar-refractivity contribution in [3.05, 3.63) is 34.2 Å². The number of imidazole rings is 1. The van der Waals surface area contributed by atoms with Crippen LogP contribution >= 0.6 is 0 Å². The van der Waals surface area contributed by atoms with E-state index in [-0.39, 0.29) is 17.6 Å². The van der Waals surface area contributed by atoms with Crippen LogP contribution in [0, 0.1) is 5.92 Å². The minimum absolute atomic E-state index is 0.0378. The Balaban J connectivity index is 2.00. The zero-order valence-corrected chi connectivity index (χ0v) is 11.5. The molecule has 1 fully saturated rings. The molecule has 6 nitrogen and oxygen atoms in total. The van der Waals surface area contributed by atoms with Gasteiger partial charge in [0.2, 0.25) is 0 Å². The van der Waals surface area contributed by atoms with Crippen molar-refractivity contribution in [1.82, 2.24) is 14.5 Å². The summed E-state index contributed by atoms with van der Waals surface area (Å²) in [7, 11) is 3.50. The largest absolute Gasteiger partial charge is 0.481 e. The van der Waals surface area contributed by atoms with Crippen LogP contribution in [0.3, 0.4) is 0 Å². The number of fused-ring (bicyclic) bond motifs is 1. The average Bonchev–Trinajstić information content (AvgIpc) is 3.00. The van der Waals surface area contributed by atoms with Crippen LogP contribution in [0.15, 0.2) is 23.0 Å². The highest BCUT2D eigenvalue weighted by Gasteiger charge is 2.30. The number of aryl methyl sites for hydroxylation is 2. The van der Waals surface area contributed by atoms with Crippen LogP contribution in [0.1, 0.15) is 18.0 Å². The molecule has 106 valence electrons. The molecular formula is C14H17N3O3. The van der Waals surface area contributed by atoms with E-state index in [2.05, 4.69) is 5.32 Å². The number of hydrogen-bond donors (Lipinski definition) is 2. The number of carboxylic acids is 1. The number of rotatable bonds is 2. The minimum atomic E-state index is -0.756. The van der Waals surface area contributed by atoms with Gasteiger partial charge in [0, 0.05) is 26.7 Å². The molecule has 2 atom stereocenters. The smallest absolute Gasteiger partial charge is 0.328 e. The van der Waals surface area contributed by atoms with Gasteiger partial charge in [-0.05, 0) is 24.1 Å². The first-order chi connectivity index (χ1) is 9.49. The van der Waals surface area contributed by atoms with Crippen molar-refractivity contribution in [1.29, 1.82) is 0 Å². The normalized spacial score (nSPS) is 22.5. The van der Waals surface area contributed by atoms with Crippen molar-refractivity contribution in [3.63, 3.8) is 0 Å². The van der Waals surface area contributed by atoms with Gasteiger partial charge in [-0.1, -0.05) is 6.07 Å². The van der Waals surface area contributed by atoms with Crippen molar-refractivity contribution in [2.75, 3.05) is 6.54 Å². The fourth-order valence-electron chi connectivity index (χ4n) is 2.92. The lowest BCUT2D eigenvalue weighted by molar-refractivity contribution is -0.141. The predicted molar refractivity (Wildman–Crippen MR) is 74.6 cm³/mol. The van der Waals surface area contributed by atoms with E-state index in [1.807, 2.05) is 18.2 Å². The molecule has 3 rings (SSSR count). The molecule has 0 spiro atoms. The van der Waals surface area contributed by atoms with E-state index in [4.69, 9.17) is 5.11 Å². The molecule has 6 heteroatoms. The van der Waals surface area contributed by atoms with E-state index in [9.17, 15) is 9.59 Å². The average molecular weight is 275 g/mol. The lowest BCUT2D eigenvalue weighted by Crippen LogP contribution is -2.19. The number of nitrogens with one attached hydrogen (secondary N) is 1. The fourth-order valence-corrected chi connectivity index (χ4v) is 2.92. The summed E-state index contributed by atoms with van der Waals surface area (Å²) in [6.07, 6.45) is 0.585. The molecule has 20 heavy (non-hydrogen) atoms. The topological polar surface area (TPSA) is 76.3 Å². The molecule has 0 radical (unpaired) electrons. The standard InChI is InChI=1S/C14H17N3O3/c1-16-11-4-3-8(6-12(11)17(2)14(16)20)10-5-9(7-15-10)13(18)19/h3-4,6,9-10,15H,5,7H2,1-2H3,(H,18,19). The maximum atomic E-state index is 11.9. The summed E-state index contributed by atoms with van der Waals surface area (Å²) in [6.45, 7) is 0.492. The van der Waals surface area contributed by atoms with Crippen LogP contribution in [0.2, 0.25) is 0 Å². The summed E-state index contributed by atoms with van der Waals surface area (Å²) < 4.78 is 3.23. The summed E-state index contributed by atoms with van der Waals surface area (Å²) in [5.41, 5.74) is 2.73. The Kier molecular flexibility index (Phi) is 2.90. The SMILES string of the molecule is Cn1c(=O)n(C)c2cc(C3CC(C(=O)O)CN3)ccc21. The molecule has 2 aromatic rings. The summed E-state index contributed by atoms with van der Waals surface area (Å²) in [5.74, 6) is -1.09. The number of benzene rings is 1. The van der Waals surface area contributed by atoms with Crippen LogP contribution < -0.4 is 11.0 Å². The van der Waals surface area contributed by atoms with Gasteiger partial charge in [-0.2, -0.15) is 0 Å². The van der Waals surface area contributed by atoms with Gasteiger partial charge in [0.25, 0.3) is 0 Å². The molecule has 0 bridgehead atoms. The number of carboxylic acid groups (broad SMARTS) is 1. The van der Waals surface area contributed by atoms with Gasteiger partial charge in [0.15, 0.2) is 0 Å². The fraction of sp³-hybridized carbons (Fsp3) is 0.429. The maximum Gasteiger partial charge on any atom is 0.328 e. The quantitative estimate of drug-likeness (QED) is 0.842. The molecule has 0 amide bonds. The van der Waals surface area contributed by atoms with Gasteiger partial charge in [0.1, 0.15) is 0 Å². The highest BCUT2D eigenvalue weighted by atomic mass is 16.4. The Morgan fingerprint density at radius 3 is 2.65 bits per heavy atom. The van der Waals surface area contributed by atoms with E-state index in [0.717, 1.165) is 16.6 Å². The monoisotopic (exact) mass is 275 g/mol. The summed E-state index contributed by atoms with van der Waals surface area (Å²) in [6, 6.07) is 5.89. The molecule has 1 aromatic heterocycles. The van der Waals surface area contributed by atoms with E-state index in [0.29, 0.717) is 13.0 Å². The summed E-state index contributed by atoms with van der Waals surface area (Å²) in [4.78, 5) is 22.9. The second-order valence-electron chi connectivity index (χ2n) is 5.38. The van der Waals surface area contributed by atoms with Crippen molar-refractivity contribution < 1.29 is 9.90 Å². The third-order valence-electron chi connectivity index (χ3n) is 4.18. The first kappa shape index (κ1) is 12.9. The molecular weight excluding hydrogens is 258 g/mol. The Morgan fingerprint density at radius 2 is 2.00 bits per heavy atom. The highest BCUT2D eigenvalue weighted by molar-refractivity contribution is 5.77. The molecule has 1 aromatic carbocycles. The van der Waals surface area contributed by atoms with Gasteiger partial charge in [0.05, 0.1) is 17.0 Å². The molecule has 0 aliphatic carbocycles. The van der Waals surface area contributed by atoms with E-state index in [1.54, 1.807) is 23.2 Å². The first-order valence-corrected chi connectivity index (χ1v) is 6.60. The van der Waals surface area contributed by atoms with E-state index in [1.165, 1.54) is 0 Å². The molecule has 2 unspecified atom stereocenters. The molecule has 1 aliphatic heterocycles. The Hall–Kier alpha value is -2.08. The van der Waals surface area contributed by atoms with Crippen molar-refractivity contribution >= 4 is 17.0 Å². The number of aliphatic carboxylic acids is 1. The van der Waals surface area contributed by atoms with Crippen LogP contribution in [0.25, 0.3) is 11.0 Å². The third-order valence-corrected chi connectivity index (χ3v) is 4.18. The number of aromatic nitrogens is 2. The zero-order chi connectivity index (χ0) is 14.4. The molecule has 1 saturated heterocycles. The predicted octanol–water partition coefficient (Wildman–Crippen LogP) is 0.612. The van der Waals surface area contributed by atoms with Crippen LogP contribution in [-0.2, 0) is 18.9 Å². The highest BCUT2D eigenvalue weighted by Crippen LogP contribution is 2.29. The number of hydrogen-bond acceptors (Lipinski definition) is 3. The van der Waals surface area contributed by atoms with E-state index < -0.39 is 5.97 Å². The maximum absolute atomic E-state index is 11.9. The van der Waals surface area contributed by atoms with Gasteiger partial charge in [-0.25, -0.2) is 4.79 Å². The third kappa shape index (κ3) is 1.84. The van der Waals surface area contributed by atoms with Gasteiger partial charge < -0.3 is 10.4 Å². The van der Waals surface area contributed by atoms with Gasteiger partial charge in [-0.15, -0.1) is 0 Å². The molecule has 2 N–H and O–H groups in total. The summed E-state index contributed by atoms with van der Waals surface area (Å²) >= 11 is 0. The number of carbonyl (C=O) groups is 1. The number of nitrogens with zero attached hydrogens (tertiary/aromatic N) is 2. The Morgan fingerprint density at radius 1 is 1.30 bits per heavy atom. The minimum Gasteiger partial charge on any atom is -0.481 e. The van der Waals surface area contributed by atoms with Gasteiger partial charge >= 0.3 is 11.7 Å². The summed E-state index contributed by atoms with van der Waals surface area (Å²) in [5, 5.41) is 12.3. The Labute approximate surface area is 115 Å².